The van der Waals surface area contributed by atoms with Crippen molar-refractivity contribution in [2.45, 2.75) is 19.4 Å². The van der Waals surface area contributed by atoms with E-state index in [0.29, 0.717) is 0 Å². The summed E-state index contributed by atoms with van der Waals surface area (Å²) in [4.78, 5) is 6.92. The normalized spacial score (nSPS) is 16.4. The number of aliphatic hydroxyl groups is 1. The van der Waals surface area contributed by atoms with Crippen LogP contribution in [0.5, 0.6) is 0 Å². The molecule has 1 rings (SSSR count). The molecule has 0 saturated heterocycles. The van der Waals surface area contributed by atoms with E-state index in [9.17, 15) is 0 Å². The van der Waals surface area contributed by atoms with Crippen LogP contribution in [0.15, 0.2) is 6.33 Å². The second kappa shape index (κ2) is 2.64. The first kappa shape index (κ1) is 8.23. The number of aromatic nitrogens is 2. The van der Waals surface area contributed by atoms with Gasteiger partial charge in [-0.2, -0.15) is 0 Å². The van der Waals surface area contributed by atoms with E-state index < -0.39 is 5.54 Å². The molecule has 0 aliphatic rings. The van der Waals surface area contributed by atoms with E-state index in [2.05, 4.69) is 9.97 Å². The lowest BCUT2D eigenvalue weighted by molar-refractivity contribution is 0.206. The van der Waals surface area contributed by atoms with Crippen molar-refractivity contribution in [2.75, 3.05) is 6.61 Å². The minimum atomic E-state index is -0.732. The summed E-state index contributed by atoms with van der Waals surface area (Å²) in [5, 5.41) is 8.91. The van der Waals surface area contributed by atoms with Crippen LogP contribution in [0.1, 0.15) is 18.3 Å². The minimum Gasteiger partial charge on any atom is -0.394 e. The van der Waals surface area contributed by atoms with E-state index in [1.165, 1.54) is 0 Å². The number of aromatic amines is 1. The quantitative estimate of drug-likeness (QED) is 0.557. The minimum absolute atomic E-state index is 0.0985. The molecule has 0 aliphatic heterocycles. The van der Waals surface area contributed by atoms with Crippen LogP contribution in [-0.4, -0.2) is 21.7 Å². The van der Waals surface area contributed by atoms with Crippen LogP contribution < -0.4 is 5.73 Å². The predicted molar refractivity (Wildman–Crippen MR) is 41.9 cm³/mol. The molecule has 1 unspecified atom stereocenters. The van der Waals surface area contributed by atoms with Crippen molar-refractivity contribution in [3.05, 3.63) is 17.7 Å². The summed E-state index contributed by atoms with van der Waals surface area (Å²) in [5.74, 6) is 0. The molecule has 0 amide bonds. The Balaban J connectivity index is 3.00. The number of rotatable bonds is 2. The van der Waals surface area contributed by atoms with Crippen molar-refractivity contribution >= 4 is 0 Å². The zero-order valence-corrected chi connectivity index (χ0v) is 6.76. The molecule has 1 heterocycles. The zero-order valence-electron chi connectivity index (χ0n) is 6.76. The molecule has 0 fully saturated rings. The highest BCUT2D eigenvalue weighted by molar-refractivity contribution is 5.18. The summed E-state index contributed by atoms with van der Waals surface area (Å²) in [5.41, 5.74) is 6.65. The molecule has 0 aliphatic carbocycles. The molecule has 0 saturated carbocycles. The molecule has 4 nitrogen and oxygen atoms in total. The molecule has 1 aromatic heterocycles. The van der Waals surface area contributed by atoms with E-state index in [1.54, 1.807) is 13.3 Å². The topological polar surface area (TPSA) is 74.9 Å². The third-order valence-corrected chi connectivity index (χ3v) is 1.70. The molecule has 4 N–H and O–H groups in total. The van der Waals surface area contributed by atoms with Crippen molar-refractivity contribution in [3.8, 4) is 0 Å². The van der Waals surface area contributed by atoms with E-state index in [4.69, 9.17) is 10.8 Å². The maximum absolute atomic E-state index is 8.91. The Morgan fingerprint density at radius 1 is 1.82 bits per heavy atom. The average molecular weight is 155 g/mol. The van der Waals surface area contributed by atoms with Gasteiger partial charge < -0.3 is 15.8 Å². The second-order valence-corrected chi connectivity index (χ2v) is 2.95. The number of nitrogens with one attached hydrogen (secondary N) is 1. The zero-order chi connectivity index (χ0) is 8.48. The van der Waals surface area contributed by atoms with Gasteiger partial charge in [0.2, 0.25) is 0 Å². The van der Waals surface area contributed by atoms with Gasteiger partial charge in [0.1, 0.15) is 0 Å². The molecule has 0 aromatic carbocycles. The molecule has 11 heavy (non-hydrogen) atoms. The SMILES string of the molecule is Cc1[nH]cnc1C(C)(N)CO. The van der Waals surface area contributed by atoms with Gasteiger partial charge in [0.15, 0.2) is 0 Å². The third kappa shape index (κ3) is 1.41. The number of nitrogens with two attached hydrogens (primary N) is 1. The molecular formula is C7H13N3O. The van der Waals surface area contributed by atoms with Gasteiger partial charge in [-0.05, 0) is 13.8 Å². The molecule has 0 radical (unpaired) electrons. The number of imidazole rings is 1. The fraction of sp³-hybridized carbons (Fsp3) is 0.571. The number of nitrogens with zero attached hydrogens (tertiary/aromatic N) is 1. The van der Waals surface area contributed by atoms with Crippen LogP contribution in [0.2, 0.25) is 0 Å². The summed E-state index contributed by atoms with van der Waals surface area (Å²) < 4.78 is 0. The standard InChI is InChI=1S/C7H13N3O/c1-5-6(10-4-9-5)7(2,8)3-11/h4,11H,3,8H2,1-2H3,(H,9,10). The third-order valence-electron chi connectivity index (χ3n) is 1.70. The molecular weight excluding hydrogens is 142 g/mol. The molecule has 0 spiro atoms. The summed E-state index contributed by atoms with van der Waals surface area (Å²) in [7, 11) is 0. The summed E-state index contributed by atoms with van der Waals surface area (Å²) >= 11 is 0. The number of hydrogen-bond donors (Lipinski definition) is 3. The lowest BCUT2D eigenvalue weighted by Crippen LogP contribution is -2.38. The highest BCUT2D eigenvalue weighted by Crippen LogP contribution is 2.16. The van der Waals surface area contributed by atoms with E-state index in [0.717, 1.165) is 11.4 Å². The second-order valence-electron chi connectivity index (χ2n) is 2.95. The van der Waals surface area contributed by atoms with Gasteiger partial charge in [-0.3, -0.25) is 0 Å². The number of aliphatic hydroxyl groups excluding tert-OH is 1. The van der Waals surface area contributed by atoms with Crippen molar-refractivity contribution < 1.29 is 5.11 Å². The maximum atomic E-state index is 8.91. The van der Waals surface area contributed by atoms with Gasteiger partial charge in [-0.15, -0.1) is 0 Å². The Morgan fingerprint density at radius 2 is 2.45 bits per heavy atom. The van der Waals surface area contributed by atoms with E-state index in [1.807, 2.05) is 6.92 Å². The van der Waals surface area contributed by atoms with Crippen molar-refractivity contribution in [1.29, 1.82) is 0 Å². The number of H-pyrrole nitrogens is 1. The van der Waals surface area contributed by atoms with Gasteiger partial charge >= 0.3 is 0 Å². The Labute approximate surface area is 65.5 Å². The Hall–Kier alpha value is -0.870. The van der Waals surface area contributed by atoms with Gasteiger partial charge in [0, 0.05) is 5.69 Å². The van der Waals surface area contributed by atoms with Crippen LogP contribution in [0.4, 0.5) is 0 Å². The maximum Gasteiger partial charge on any atom is 0.0926 e. The first-order valence-electron chi connectivity index (χ1n) is 3.48. The van der Waals surface area contributed by atoms with Crippen molar-refractivity contribution in [2.24, 2.45) is 5.73 Å². The number of hydrogen-bond acceptors (Lipinski definition) is 3. The van der Waals surface area contributed by atoms with E-state index >= 15 is 0 Å². The summed E-state index contributed by atoms with van der Waals surface area (Å²) in [6, 6.07) is 0. The molecule has 0 bridgehead atoms. The number of aryl methyl sites for hydroxylation is 1. The largest absolute Gasteiger partial charge is 0.394 e. The first-order chi connectivity index (χ1) is 5.08. The lowest BCUT2D eigenvalue weighted by Gasteiger charge is -2.19. The van der Waals surface area contributed by atoms with Gasteiger partial charge in [-0.1, -0.05) is 0 Å². The van der Waals surface area contributed by atoms with Gasteiger partial charge in [-0.25, -0.2) is 4.98 Å². The van der Waals surface area contributed by atoms with E-state index in [-0.39, 0.29) is 6.61 Å². The highest BCUT2D eigenvalue weighted by Gasteiger charge is 2.24. The van der Waals surface area contributed by atoms with Crippen LogP contribution >= 0.6 is 0 Å². The summed E-state index contributed by atoms with van der Waals surface area (Å²) in [6.45, 7) is 3.53. The molecule has 4 heteroatoms. The van der Waals surface area contributed by atoms with Gasteiger partial charge in [0.25, 0.3) is 0 Å². The van der Waals surface area contributed by atoms with Crippen LogP contribution in [-0.2, 0) is 5.54 Å². The monoisotopic (exact) mass is 155 g/mol. The summed E-state index contributed by atoms with van der Waals surface area (Å²) in [6.07, 6.45) is 1.57. The van der Waals surface area contributed by atoms with Crippen LogP contribution in [0, 0.1) is 6.92 Å². The predicted octanol–water partition coefficient (Wildman–Crippen LogP) is -0.116. The fourth-order valence-electron chi connectivity index (χ4n) is 1.01. The smallest absolute Gasteiger partial charge is 0.0926 e. The Kier molecular flexibility index (Phi) is 1.97. The molecule has 1 aromatic rings. The van der Waals surface area contributed by atoms with Crippen molar-refractivity contribution in [1.82, 2.24) is 9.97 Å². The van der Waals surface area contributed by atoms with Gasteiger partial charge in [0.05, 0.1) is 24.2 Å². The Morgan fingerprint density at radius 3 is 2.82 bits per heavy atom. The van der Waals surface area contributed by atoms with Crippen LogP contribution in [0.3, 0.4) is 0 Å². The lowest BCUT2D eigenvalue weighted by atomic mass is 9.99. The van der Waals surface area contributed by atoms with Crippen molar-refractivity contribution in [3.63, 3.8) is 0 Å². The van der Waals surface area contributed by atoms with Crippen LogP contribution in [0.25, 0.3) is 0 Å². The highest BCUT2D eigenvalue weighted by atomic mass is 16.3. The molecule has 62 valence electrons. The average Bonchev–Trinajstić information content (AvgIpc) is 2.36. The first-order valence-corrected chi connectivity index (χ1v) is 3.48. The molecule has 1 atom stereocenters. The Bertz CT molecular complexity index is 242. The fourth-order valence-corrected chi connectivity index (χ4v) is 1.01.